The number of fused-ring (bicyclic) bond motifs is 1. The van der Waals surface area contributed by atoms with Gasteiger partial charge in [0.2, 0.25) is 0 Å². The van der Waals surface area contributed by atoms with Crippen molar-refractivity contribution in [3.8, 4) is 17.0 Å². The predicted octanol–water partition coefficient (Wildman–Crippen LogP) is 3.60. The van der Waals surface area contributed by atoms with Crippen LogP contribution in [0.3, 0.4) is 0 Å². The molecule has 0 amide bonds. The van der Waals surface area contributed by atoms with E-state index in [1.165, 1.54) is 4.57 Å². The molecule has 1 N–H and O–H groups in total. The molecule has 1 atom stereocenters. The van der Waals surface area contributed by atoms with Gasteiger partial charge in [-0.1, -0.05) is 36.4 Å². The average Bonchev–Trinajstić information content (AvgIpc) is 3.16. The first-order chi connectivity index (χ1) is 14.1. The van der Waals surface area contributed by atoms with E-state index >= 15 is 0 Å². The molecule has 6 nitrogen and oxygen atoms in total. The molecular weight excluding hydrogens is 366 g/mol. The molecule has 0 bridgehead atoms. The summed E-state index contributed by atoms with van der Waals surface area (Å²) in [5.41, 5.74) is 3.87. The fourth-order valence-corrected chi connectivity index (χ4v) is 3.41. The summed E-state index contributed by atoms with van der Waals surface area (Å²) in [7, 11) is 0. The number of aromatic nitrogens is 3. The zero-order chi connectivity index (χ0) is 20.4. The van der Waals surface area contributed by atoms with Crippen molar-refractivity contribution in [1.82, 2.24) is 14.2 Å². The van der Waals surface area contributed by atoms with Crippen LogP contribution >= 0.6 is 0 Å². The largest absolute Gasteiger partial charge is 0.494 e. The molecule has 2 aromatic heterocycles. The Morgan fingerprint density at radius 1 is 1.10 bits per heavy atom. The summed E-state index contributed by atoms with van der Waals surface area (Å²) in [5, 5.41) is 15.1. The zero-order valence-corrected chi connectivity index (χ0v) is 16.4. The van der Waals surface area contributed by atoms with Gasteiger partial charge in [-0.15, -0.1) is 0 Å². The summed E-state index contributed by atoms with van der Waals surface area (Å²) in [6, 6.07) is 17.0. The van der Waals surface area contributed by atoms with Gasteiger partial charge in [-0.2, -0.15) is 5.10 Å². The number of aliphatic hydroxyl groups is 1. The zero-order valence-electron chi connectivity index (χ0n) is 16.4. The lowest BCUT2D eigenvalue weighted by atomic mass is 10.1. The number of aliphatic hydroxyl groups excluding tert-OH is 1. The Hall–Kier alpha value is -3.38. The van der Waals surface area contributed by atoms with Gasteiger partial charge in [0, 0.05) is 18.0 Å². The molecule has 0 aliphatic carbocycles. The monoisotopic (exact) mass is 389 g/mol. The summed E-state index contributed by atoms with van der Waals surface area (Å²) >= 11 is 0. The highest BCUT2D eigenvalue weighted by molar-refractivity contribution is 5.68. The highest BCUT2D eigenvalue weighted by Gasteiger charge is 2.14. The van der Waals surface area contributed by atoms with Gasteiger partial charge >= 0.3 is 0 Å². The van der Waals surface area contributed by atoms with Crippen LogP contribution in [0.4, 0.5) is 0 Å². The fraction of sp³-hybridized carbons (Fsp3) is 0.217. The Labute approximate surface area is 168 Å². The van der Waals surface area contributed by atoms with E-state index in [4.69, 9.17) is 4.74 Å². The highest BCUT2D eigenvalue weighted by Crippen LogP contribution is 2.22. The maximum absolute atomic E-state index is 12.9. The molecule has 0 aliphatic heterocycles. The lowest BCUT2D eigenvalue weighted by molar-refractivity contribution is 0.155. The molecule has 0 saturated carbocycles. The molecule has 6 heteroatoms. The van der Waals surface area contributed by atoms with E-state index in [1.807, 2.05) is 62.4 Å². The quantitative estimate of drug-likeness (QED) is 0.547. The van der Waals surface area contributed by atoms with Gasteiger partial charge in [0.05, 0.1) is 24.9 Å². The Bertz CT molecular complexity index is 1190. The second-order valence-corrected chi connectivity index (χ2v) is 6.95. The van der Waals surface area contributed by atoms with Crippen molar-refractivity contribution in [3.05, 3.63) is 88.5 Å². The standard InChI is InChI=1S/C23H23N3O3/c1-3-29-18-10-8-17(9-11-18)22(27)15-25-12-13-26-21(23(25)28)14-20(24-26)19-7-5-4-6-16(19)2/h4-14,22,27H,3,15H2,1-2H3/t22-/m0/s1. The molecule has 29 heavy (non-hydrogen) atoms. The summed E-state index contributed by atoms with van der Waals surface area (Å²) in [6.45, 7) is 4.69. The normalized spacial score (nSPS) is 12.2. The maximum Gasteiger partial charge on any atom is 0.276 e. The van der Waals surface area contributed by atoms with E-state index in [2.05, 4.69) is 5.10 Å². The van der Waals surface area contributed by atoms with Gasteiger partial charge in [0.1, 0.15) is 11.3 Å². The van der Waals surface area contributed by atoms with Gasteiger partial charge in [-0.25, -0.2) is 4.52 Å². The minimum Gasteiger partial charge on any atom is -0.494 e. The highest BCUT2D eigenvalue weighted by atomic mass is 16.5. The lowest BCUT2D eigenvalue weighted by Crippen LogP contribution is -2.24. The SMILES string of the molecule is CCOc1ccc([C@@H](O)Cn2ccn3nc(-c4ccccc4C)cc3c2=O)cc1. The fourth-order valence-electron chi connectivity index (χ4n) is 3.41. The Kier molecular flexibility index (Phi) is 5.18. The number of aryl methyl sites for hydroxylation is 1. The Balaban J connectivity index is 1.62. The molecule has 2 aromatic carbocycles. The first-order valence-corrected chi connectivity index (χ1v) is 9.62. The molecule has 2 heterocycles. The van der Waals surface area contributed by atoms with Gasteiger partial charge < -0.3 is 14.4 Å². The number of benzene rings is 2. The lowest BCUT2D eigenvalue weighted by Gasteiger charge is -2.14. The molecule has 148 valence electrons. The summed E-state index contributed by atoms with van der Waals surface area (Å²) in [6.07, 6.45) is 2.59. The maximum atomic E-state index is 12.9. The predicted molar refractivity (Wildman–Crippen MR) is 112 cm³/mol. The number of hydrogen-bond donors (Lipinski definition) is 1. The summed E-state index contributed by atoms with van der Waals surface area (Å²) < 4.78 is 8.53. The number of hydrogen-bond acceptors (Lipinski definition) is 4. The number of rotatable bonds is 6. The first kappa shape index (κ1) is 19.0. The van der Waals surface area contributed by atoms with E-state index in [-0.39, 0.29) is 12.1 Å². The van der Waals surface area contributed by atoms with E-state index < -0.39 is 6.10 Å². The molecule has 4 rings (SSSR count). The van der Waals surface area contributed by atoms with Gasteiger partial charge in [-0.3, -0.25) is 4.79 Å². The van der Waals surface area contributed by atoms with E-state index in [1.54, 1.807) is 23.0 Å². The number of ether oxygens (including phenoxy) is 1. The van der Waals surface area contributed by atoms with Crippen LogP contribution in [0.25, 0.3) is 16.8 Å². The summed E-state index contributed by atoms with van der Waals surface area (Å²) in [4.78, 5) is 12.9. The third-order valence-electron chi connectivity index (χ3n) is 4.97. The second-order valence-electron chi connectivity index (χ2n) is 6.95. The van der Waals surface area contributed by atoms with Crippen LogP contribution in [0.5, 0.6) is 5.75 Å². The van der Waals surface area contributed by atoms with Crippen LogP contribution in [-0.2, 0) is 6.54 Å². The van der Waals surface area contributed by atoms with Gasteiger partial charge in [0.15, 0.2) is 0 Å². The van der Waals surface area contributed by atoms with E-state index in [0.717, 1.165) is 28.1 Å². The van der Waals surface area contributed by atoms with Crippen molar-refractivity contribution in [3.63, 3.8) is 0 Å². The Morgan fingerprint density at radius 2 is 1.86 bits per heavy atom. The first-order valence-electron chi connectivity index (χ1n) is 9.62. The third kappa shape index (κ3) is 3.79. The van der Waals surface area contributed by atoms with Crippen LogP contribution in [-0.4, -0.2) is 25.9 Å². The van der Waals surface area contributed by atoms with E-state index in [0.29, 0.717) is 12.1 Å². The molecule has 4 aromatic rings. The van der Waals surface area contributed by atoms with Crippen molar-refractivity contribution in [2.24, 2.45) is 0 Å². The van der Waals surface area contributed by atoms with Crippen molar-refractivity contribution in [2.75, 3.05) is 6.61 Å². The topological polar surface area (TPSA) is 68.8 Å². The average molecular weight is 389 g/mol. The number of nitrogens with zero attached hydrogens (tertiary/aromatic N) is 3. The van der Waals surface area contributed by atoms with Crippen LogP contribution in [0.1, 0.15) is 24.2 Å². The second kappa shape index (κ2) is 7.93. The van der Waals surface area contributed by atoms with E-state index in [9.17, 15) is 9.90 Å². The minimum absolute atomic E-state index is 0.161. The van der Waals surface area contributed by atoms with Crippen LogP contribution in [0.15, 0.2) is 71.8 Å². The summed E-state index contributed by atoms with van der Waals surface area (Å²) in [5.74, 6) is 0.755. The minimum atomic E-state index is -0.801. The van der Waals surface area contributed by atoms with Crippen LogP contribution in [0.2, 0.25) is 0 Å². The van der Waals surface area contributed by atoms with Crippen LogP contribution < -0.4 is 10.3 Å². The van der Waals surface area contributed by atoms with Crippen molar-refractivity contribution >= 4 is 5.52 Å². The smallest absolute Gasteiger partial charge is 0.276 e. The van der Waals surface area contributed by atoms with Crippen molar-refractivity contribution in [1.29, 1.82) is 0 Å². The van der Waals surface area contributed by atoms with Crippen molar-refractivity contribution < 1.29 is 9.84 Å². The molecule has 0 fully saturated rings. The van der Waals surface area contributed by atoms with Gasteiger partial charge in [-0.05, 0) is 43.2 Å². The molecular formula is C23H23N3O3. The molecule has 0 saturated heterocycles. The molecule has 0 radical (unpaired) electrons. The molecule has 0 spiro atoms. The van der Waals surface area contributed by atoms with Crippen molar-refractivity contribution in [2.45, 2.75) is 26.5 Å². The third-order valence-corrected chi connectivity index (χ3v) is 4.97. The molecule has 0 unspecified atom stereocenters. The van der Waals surface area contributed by atoms with Crippen LogP contribution in [0, 0.1) is 6.92 Å². The molecule has 0 aliphatic rings. The van der Waals surface area contributed by atoms with Gasteiger partial charge in [0.25, 0.3) is 5.56 Å². The Morgan fingerprint density at radius 3 is 2.59 bits per heavy atom.